The Labute approximate surface area is 200 Å². The molecule has 178 valence electrons. The Bertz CT molecular complexity index is 1050. The molecule has 8 heteroatoms. The molecule has 3 heterocycles. The van der Waals surface area contributed by atoms with E-state index < -0.39 is 0 Å². The maximum absolute atomic E-state index is 12.5. The second kappa shape index (κ2) is 10.7. The number of benzene rings is 1. The molecule has 34 heavy (non-hydrogen) atoms. The molecule has 2 fully saturated rings. The fourth-order valence-electron chi connectivity index (χ4n) is 4.78. The van der Waals surface area contributed by atoms with Gasteiger partial charge in [-0.3, -0.25) is 0 Å². The minimum absolute atomic E-state index is 0.0196. The number of hydrogen-bond acceptors (Lipinski definition) is 6. The molecule has 0 atom stereocenters. The third-order valence-electron chi connectivity index (χ3n) is 6.80. The maximum atomic E-state index is 12.5. The van der Waals surface area contributed by atoms with Crippen LogP contribution in [0.15, 0.2) is 53.2 Å². The molecule has 1 aliphatic heterocycles. The van der Waals surface area contributed by atoms with Gasteiger partial charge in [0, 0.05) is 50.4 Å². The molecule has 8 nitrogen and oxygen atoms in total. The van der Waals surface area contributed by atoms with E-state index in [1.54, 1.807) is 0 Å². The number of nitrogens with zero attached hydrogens (tertiary/aromatic N) is 5. The summed E-state index contributed by atoms with van der Waals surface area (Å²) in [4.78, 5) is 25.8. The number of anilines is 1. The molecule has 0 radical (unpaired) electrons. The molecule has 1 saturated heterocycles. The Balaban J connectivity index is 1.07. The highest BCUT2D eigenvalue weighted by Gasteiger charge is 2.24. The Morgan fingerprint density at radius 2 is 1.82 bits per heavy atom. The molecule has 0 unspecified atom stereocenters. The number of hydrogen-bond donors (Lipinski definition) is 1. The summed E-state index contributed by atoms with van der Waals surface area (Å²) in [7, 11) is 0. The average Bonchev–Trinajstić information content (AvgIpc) is 3.60. The summed E-state index contributed by atoms with van der Waals surface area (Å²) in [5.74, 6) is 2.68. The Kier molecular flexibility index (Phi) is 7.02. The average molecular weight is 461 g/mol. The summed E-state index contributed by atoms with van der Waals surface area (Å²) in [6.07, 6.45) is 8.47. The zero-order chi connectivity index (χ0) is 23.2. The number of aromatic nitrogens is 3. The number of amides is 2. The smallest absolute Gasteiger partial charge is 0.317 e. The summed E-state index contributed by atoms with van der Waals surface area (Å²) in [5.41, 5.74) is 2.17. The number of carbonyl (C=O) groups excluding carboxylic acids is 1. The first-order valence-corrected chi connectivity index (χ1v) is 12.4. The molecule has 3 aromatic rings. The van der Waals surface area contributed by atoms with Gasteiger partial charge in [-0.05, 0) is 43.4 Å². The van der Waals surface area contributed by atoms with Gasteiger partial charge in [-0.2, -0.15) is 4.98 Å². The van der Waals surface area contributed by atoms with Gasteiger partial charge in [0.1, 0.15) is 5.82 Å². The van der Waals surface area contributed by atoms with Crippen molar-refractivity contribution in [3.63, 3.8) is 0 Å². The Morgan fingerprint density at radius 1 is 1.03 bits per heavy atom. The van der Waals surface area contributed by atoms with Crippen molar-refractivity contribution in [3.05, 3.63) is 60.1 Å². The predicted octanol–water partition coefficient (Wildman–Crippen LogP) is 4.25. The van der Waals surface area contributed by atoms with E-state index in [-0.39, 0.29) is 6.03 Å². The Hall–Kier alpha value is -3.42. The van der Waals surface area contributed by atoms with Gasteiger partial charge < -0.3 is 19.6 Å². The highest BCUT2D eigenvalue weighted by molar-refractivity contribution is 5.74. The summed E-state index contributed by atoms with van der Waals surface area (Å²) in [6.45, 7) is 3.58. The third kappa shape index (κ3) is 5.38. The van der Waals surface area contributed by atoms with Crippen LogP contribution < -0.4 is 10.2 Å². The molecule has 2 aliphatic rings. The SMILES string of the molecule is O=C(NCCCc1ccccc1)N1CCN(c2ccc(-c3noc(C4CCCC4)n3)cn2)CC1. The predicted molar refractivity (Wildman–Crippen MR) is 131 cm³/mol. The lowest BCUT2D eigenvalue weighted by atomic mass is 10.1. The van der Waals surface area contributed by atoms with Crippen molar-refractivity contribution >= 4 is 11.8 Å². The Morgan fingerprint density at radius 3 is 2.56 bits per heavy atom. The zero-order valence-electron chi connectivity index (χ0n) is 19.5. The van der Waals surface area contributed by atoms with Gasteiger partial charge in [-0.25, -0.2) is 9.78 Å². The third-order valence-corrected chi connectivity index (χ3v) is 6.80. The van der Waals surface area contributed by atoms with Crippen LogP contribution in [0.4, 0.5) is 10.6 Å². The highest BCUT2D eigenvalue weighted by atomic mass is 16.5. The van der Waals surface area contributed by atoms with E-state index in [4.69, 9.17) is 4.52 Å². The number of urea groups is 1. The van der Waals surface area contributed by atoms with Crippen LogP contribution in [-0.2, 0) is 6.42 Å². The van der Waals surface area contributed by atoms with Crippen LogP contribution in [-0.4, -0.2) is 58.8 Å². The van der Waals surface area contributed by atoms with Crippen LogP contribution >= 0.6 is 0 Å². The fraction of sp³-hybridized carbons (Fsp3) is 0.462. The zero-order valence-corrected chi connectivity index (χ0v) is 19.5. The molecule has 1 N–H and O–H groups in total. The van der Waals surface area contributed by atoms with Crippen LogP contribution in [0.5, 0.6) is 0 Å². The van der Waals surface area contributed by atoms with Gasteiger partial charge in [-0.15, -0.1) is 0 Å². The van der Waals surface area contributed by atoms with E-state index in [0.717, 1.165) is 56.0 Å². The number of carbonyl (C=O) groups is 1. The van der Waals surface area contributed by atoms with Gasteiger partial charge >= 0.3 is 6.03 Å². The van der Waals surface area contributed by atoms with Gasteiger partial charge in [0.2, 0.25) is 11.7 Å². The normalized spacial score (nSPS) is 16.7. The second-order valence-electron chi connectivity index (χ2n) is 9.14. The molecule has 2 aromatic heterocycles. The molecule has 5 rings (SSSR count). The van der Waals surface area contributed by atoms with Gasteiger partial charge in [0.05, 0.1) is 0 Å². The van der Waals surface area contributed by atoms with Crippen molar-refractivity contribution in [2.24, 2.45) is 0 Å². The molecule has 1 aliphatic carbocycles. The molecular weight excluding hydrogens is 428 g/mol. The van der Waals surface area contributed by atoms with Gasteiger partial charge in [0.25, 0.3) is 0 Å². The number of nitrogens with one attached hydrogen (secondary N) is 1. The lowest BCUT2D eigenvalue weighted by Gasteiger charge is -2.35. The molecular formula is C26H32N6O2. The van der Waals surface area contributed by atoms with Crippen molar-refractivity contribution in [1.29, 1.82) is 0 Å². The molecule has 1 saturated carbocycles. The maximum Gasteiger partial charge on any atom is 0.317 e. The highest BCUT2D eigenvalue weighted by Crippen LogP contribution is 2.33. The van der Waals surface area contributed by atoms with Crippen molar-refractivity contribution < 1.29 is 9.32 Å². The van der Waals surface area contributed by atoms with Crippen LogP contribution in [0, 0.1) is 0 Å². The van der Waals surface area contributed by atoms with E-state index in [1.165, 1.54) is 18.4 Å². The summed E-state index contributed by atoms with van der Waals surface area (Å²) in [5, 5.41) is 7.21. The van der Waals surface area contributed by atoms with Gasteiger partial charge in [-0.1, -0.05) is 48.3 Å². The standard InChI is InChI=1S/C26H32N6O2/c33-26(27-14-6-9-20-7-2-1-3-8-20)32-17-15-31(16-18-32)23-13-12-22(19-28-23)24-29-25(34-30-24)21-10-4-5-11-21/h1-3,7-8,12-13,19,21H,4-6,9-11,14-18H2,(H,27,33). The van der Waals surface area contributed by atoms with E-state index in [0.29, 0.717) is 31.4 Å². The van der Waals surface area contributed by atoms with Crippen molar-refractivity contribution in [2.45, 2.75) is 44.4 Å². The van der Waals surface area contributed by atoms with E-state index in [9.17, 15) is 4.79 Å². The first-order valence-electron chi connectivity index (χ1n) is 12.4. The van der Waals surface area contributed by atoms with Crippen molar-refractivity contribution in [1.82, 2.24) is 25.3 Å². The van der Waals surface area contributed by atoms with Crippen LogP contribution in [0.2, 0.25) is 0 Å². The molecule has 1 aromatic carbocycles. The first kappa shape index (κ1) is 22.4. The topological polar surface area (TPSA) is 87.4 Å². The number of aryl methyl sites for hydroxylation is 1. The number of piperazine rings is 1. The van der Waals surface area contributed by atoms with Crippen molar-refractivity contribution in [3.8, 4) is 11.4 Å². The van der Waals surface area contributed by atoms with Crippen LogP contribution in [0.25, 0.3) is 11.4 Å². The lowest BCUT2D eigenvalue weighted by molar-refractivity contribution is 0.194. The van der Waals surface area contributed by atoms with Gasteiger partial charge in [0.15, 0.2) is 0 Å². The minimum Gasteiger partial charge on any atom is -0.353 e. The summed E-state index contributed by atoms with van der Waals surface area (Å²) in [6, 6.07) is 14.4. The van der Waals surface area contributed by atoms with E-state index >= 15 is 0 Å². The number of rotatable bonds is 7. The monoisotopic (exact) mass is 460 g/mol. The summed E-state index contributed by atoms with van der Waals surface area (Å²) >= 11 is 0. The molecule has 0 bridgehead atoms. The first-order chi connectivity index (χ1) is 16.8. The lowest BCUT2D eigenvalue weighted by Crippen LogP contribution is -2.52. The van der Waals surface area contributed by atoms with Crippen LogP contribution in [0.3, 0.4) is 0 Å². The quantitative estimate of drug-likeness (QED) is 0.530. The van der Waals surface area contributed by atoms with Crippen LogP contribution in [0.1, 0.15) is 49.5 Å². The summed E-state index contributed by atoms with van der Waals surface area (Å²) < 4.78 is 5.50. The second-order valence-corrected chi connectivity index (χ2v) is 9.14. The number of pyridine rings is 1. The molecule has 2 amide bonds. The largest absolute Gasteiger partial charge is 0.353 e. The van der Waals surface area contributed by atoms with E-state index in [2.05, 4.69) is 37.5 Å². The van der Waals surface area contributed by atoms with E-state index in [1.807, 2.05) is 41.4 Å². The fourth-order valence-corrected chi connectivity index (χ4v) is 4.78. The van der Waals surface area contributed by atoms with Crippen molar-refractivity contribution in [2.75, 3.05) is 37.6 Å². The molecule has 0 spiro atoms. The minimum atomic E-state index is 0.0196.